The van der Waals surface area contributed by atoms with Gasteiger partial charge in [-0.25, -0.2) is 0 Å². The Kier molecular flexibility index (Phi) is 5.94. The number of carboxylic acids is 1. The maximum atomic E-state index is 11.9. The highest BCUT2D eigenvalue weighted by atomic mass is 16.4. The molecular weight excluding hydrogens is 284 g/mol. The molecule has 1 aromatic rings. The lowest BCUT2D eigenvalue weighted by molar-refractivity contribution is -0.139. The molecule has 1 aromatic heterocycles. The minimum atomic E-state index is -0.798. The summed E-state index contributed by atoms with van der Waals surface area (Å²) < 4.78 is 1.82. The van der Waals surface area contributed by atoms with Gasteiger partial charge in [0.25, 0.3) is 0 Å². The number of aliphatic carboxylic acids is 1. The molecule has 0 unspecified atom stereocenters. The van der Waals surface area contributed by atoms with Gasteiger partial charge in [0.2, 0.25) is 5.91 Å². The van der Waals surface area contributed by atoms with E-state index in [1.165, 1.54) is 0 Å². The van der Waals surface area contributed by atoms with Crippen molar-refractivity contribution in [2.75, 3.05) is 13.1 Å². The van der Waals surface area contributed by atoms with Crippen LogP contribution in [0.25, 0.3) is 0 Å². The van der Waals surface area contributed by atoms with E-state index in [0.717, 1.165) is 32.4 Å². The number of hydrogen-bond acceptors (Lipinski definition) is 4. The van der Waals surface area contributed by atoms with Crippen LogP contribution in [0.1, 0.15) is 32.6 Å². The summed E-state index contributed by atoms with van der Waals surface area (Å²) in [6.07, 6.45) is 6.55. The highest BCUT2D eigenvalue weighted by Gasteiger charge is 2.34. The molecule has 7 nitrogen and oxygen atoms in total. The minimum Gasteiger partial charge on any atom is -0.480 e. The van der Waals surface area contributed by atoms with Crippen molar-refractivity contribution < 1.29 is 14.7 Å². The zero-order chi connectivity index (χ0) is 15.9. The summed E-state index contributed by atoms with van der Waals surface area (Å²) in [4.78, 5) is 24.6. The molecule has 0 atom stereocenters. The maximum Gasteiger partial charge on any atom is 0.317 e. The van der Waals surface area contributed by atoms with Gasteiger partial charge in [-0.05, 0) is 31.9 Å². The SMILES string of the molecule is CCN(CC(=O)O)C1CC(NC(=O)CCCn2cccn2)C1. The second kappa shape index (κ2) is 7.93. The van der Waals surface area contributed by atoms with Crippen molar-refractivity contribution in [3.05, 3.63) is 18.5 Å². The smallest absolute Gasteiger partial charge is 0.317 e. The van der Waals surface area contributed by atoms with Crippen LogP contribution in [-0.4, -0.2) is 56.8 Å². The second-order valence-electron chi connectivity index (χ2n) is 5.72. The molecule has 0 spiro atoms. The van der Waals surface area contributed by atoms with Crippen molar-refractivity contribution in [3.63, 3.8) is 0 Å². The molecule has 1 aliphatic carbocycles. The molecule has 0 saturated heterocycles. The van der Waals surface area contributed by atoms with Gasteiger partial charge in [-0.2, -0.15) is 5.10 Å². The molecule has 2 N–H and O–H groups in total. The fourth-order valence-corrected chi connectivity index (χ4v) is 2.81. The van der Waals surface area contributed by atoms with Crippen LogP contribution in [0.5, 0.6) is 0 Å². The zero-order valence-electron chi connectivity index (χ0n) is 12.9. The Morgan fingerprint density at radius 3 is 2.82 bits per heavy atom. The fourth-order valence-electron chi connectivity index (χ4n) is 2.81. The van der Waals surface area contributed by atoms with Crippen LogP contribution < -0.4 is 5.32 Å². The lowest BCUT2D eigenvalue weighted by Gasteiger charge is -2.42. The lowest BCUT2D eigenvalue weighted by Crippen LogP contribution is -2.54. The van der Waals surface area contributed by atoms with E-state index in [4.69, 9.17) is 5.11 Å². The zero-order valence-corrected chi connectivity index (χ0v) is 12.9. The Morgan fingerprint density at radius 1 is 1.45 bits per heavy atom. The van der Waals surface area contributed by atoms with E-state index in [1.807, 2.05) is 28.8 Å². The number of hydrogen-bond donors (Lipinski definition) is 2. The molecule has 0 aliphatic heterocycles. The van der Waals surface area contributed by atoms with Crippen LogP contribution in [0.2, 0.25) is 0 Å². The van der Waals surface area contributed by atoms with Crippen molar-refractivity contribution in [1.82, 2.24) is 20.0 Å². The van der Waals surface area contributed by atoms with Crippen LogP contribution in [-0.2, 0) is 16.1 Å². The number of nitrogens with zero attached hydrogens (tertiary/aromatic N) is 3. The Hall–Kier alpha value is -1.89. The summed E-state index contributed by atoms with van der Waals surface area (Å²) in [5.74, 6) is -0.732. The summed E-state index contributed by atoms with van der Waals surface area (Å²) in [6, 6.07) is 2.33. The number of carbonyl (C=O) groups is 2. The normalized spacial score (nSPS) is 20.6. The summed E-state index contributed by atoms with van der Waals surface area (Å²) in [6.45, 7) is 3.51. The molecule has 0 aromatic carbocycles. The van der Waals surface area contributed by atoms with Crippen LogP contribution >= 0.6 is 0 Å². The molecule has 0 bridgehead atoms. The molecule has 122 valence electrons. The highest BCUT2D eigenvalue weighted by molar-refractivity contribution is 5.76. The van der Waals surface area contributed by atoms with Crippen molar-refractivity contribution in [2.45, 2.75) is 51.2 Å². The van der Waals surface area contributed by atoms with E-state index in [9.17, 15) is 9.59 Å². The van der Waals surface area contributed by atoms with E-state index >= 15 is 0 Å². The number of nitrogens with one attached hydrogen (secondary N) is 1. The van der Waals surface area contributed by atoms with Crippen molar-refractivity contribution in [1.29, 1.82) is 0 Å². The van der Waals surface area contributed by atoms with E-state index in [1.54, 1.807) is 6.20 Å². The fraction of sp³-hybridized carbons (Fsp3) is 0.667. The topological polar surface area (TPSA) is 87.5 Å². The summed E-state index contributed by atoms with van der Waals surface area (Å²) in [5.41, 5.74) is 0. The van der Waals surface area contributed by atoms with Crippen LogP contribution in [0.3, 0.4) is 0 Å². The summed E-state index contributed by atoms with van der Waals surface area (Å²) in [7, 11) is 0. The quantitative estimate of drug-likeness (QED) is 0.702. The number of aryl methyl sites for hydroxylation is 1. The van der Waals surface area contributed by atoms with Gasteiger partial charge in [-0.3, -0.25) is 19.2 Å². The Bertz CT molecular complexity index is 483. The van der Waals surface area contributed by atoms with Gasteiger partial charge in [0.1, 0.15) is 0 Å². The maximum absolute atomic E-state index is 11.9. The van der Waals surface area contributed by atoms with Gasteiger partial charge < -0.3 is 10.4 Å². The summed E-state index contributed by atoms with van der Waals surface area (Å²) >= 11 is 0. The first-order chi connectivity index (χ1) is 10.6. The van der Waals surface area contributed by atoms with Gasteiger partial charge in [-0.15, -0.1) is 0 Å². The highest BCUT2D eigenvalue weighted by Crippen LogP contribution is 2.25. The molecule has 22 heavy (non-hydrogen) atoms. The number of aromatic nitrogens is 2. The Labute approximate surface area is 130 Å². The third kappa shape index (κ3) is 4.84. The van der Waals surface area contributed by atoms with Crippen molar-refractivity contribution >= 4 is 11.9 Å². The van der Waals surface area contributed by atoms with Crippen LogP contribution in [0, 0.1) is 0 Å². The molecule has 1 heterocycles. The first-order valence-corrected chi connectivity index (χ1v) is 7.81. The van der Waals surface area contributed by atoms with E-state index in [2.05, 4.69) is 10.4 Å². The van der Waals surface area contributed by atoms with Gasteiger partial charge in [0.05, 0.1) is 6.54 Å². The van der Waals surface area contributed by atoms with E-state index < -0.39 is 5.97 Å². The predicted molar refractivity (Wildman–Crippen MR) is 81.3 cm³/mol. The average molecular weight is 308 g/mol. The molecule has 1 fully saturated rings. The Balaban J connectivity index is 1.60. The number of rotatable bonds is 9. The largest absolute Gasteiger partial charge is 0.480 e. The molecule has 2 rings (SSSR count). The summed E-state index contributed by atoms with van der Waals surface area (Å²) in [5, 5.41) is 16.0. The average Bonchev–Trinajstić information content (AvgIpc) is 2.93. The molecule has 1 saturated carbocycles. The van der Waals surface area contributed by atoms with Gasteiger partial charge >= 0.3 is 5.97 Å². The first-order valence-electron chi connectivity index (χ1n) is 7.81. The minimum absolute atomic E-state index is 0.0666. The molecule has 7 heteroatoms. The third-order valence-corrected chi connectivity index (χ3v) is 4.09. The van der Waals surface area contributed by atoms with E-state index in [-0.39, 0.29) is 24.5 Å². The first kappa shape index (κ1) is 16.5. The van der Waals surface area contributed by atoms with E-state index in [0.29, 0.717) is 6.42 Å². The molecular formula is C15H24N4O3. The van der Waals surface area contributed by atoms with Gasteiger partial charge in [0, 0.05) is 37.4 Å². The van der Waals surface area contributed by atoms with Gasteiger partial charge in [-0.1, -0.05) is 6.92 Å². The second-order valence-corrected chi connectivity index (χ2v) is 5.72. The number of carbonyl (C=O) groups excluding carboxylic acids is 1. The van der Waals surface area contributed by atoms with Crippen LogP contribution in [0.4, 0.5) is 0 Å². The molecule has 1 amide bonds. The van der Waals surface area contributed by atoms with Crippen molar-refractivity contribution in [3.8, 4) is 0 Å². The predicted octanol–water partition coefficient (Wildman–Crippen LogP) is 0.717. The molecule has 1 aliphatic rings. The van der Waals surface area contributed by atoms with Gasteiger partial charge in [0.15, 0.2) is 0 Å². The van der Waals surface area contributed by atoms with Crippen LogP contribution in [0.15, 0.2) is 18.5 Å². The third-order valence-electron chi connectivity index (χ3n) is 4.09. The van der Waals surface area contributed by atoms with Crippen molar-refractivity contribution in [2.24, 2.45) is 0 Å². The Morgan fingerprint density at radius 2 is 2.23 bits per heavy atom. The standard InChI is InChI=1S/C15H24N4O3/c1-2-18(11-15(21)22)13-9-12(10-13)17-14(20)5-3-7-19-8-4-6-16-19/h4,6,8,12-13H,2-3,5,7,9-11H2,1H3,(H,17,20)(H,21,22). The number of likely N-dealkylation sites (N-methyl/N-ethyl adjacent to an activating group) is 1. The molecule has 0 radical (unpaired) electrons. The lowest BCUT2D eigenvalue weighted by atomic mass is 9.85. The monoisotopic (exact) mass is 308 g/mol. The number of amides is 1. The number of carboxylic acid groups (broad SMARTS) is 1.